The predicted molar refractivity (Wildman–Crippen MR) is 164 cm³/mol. The monoisotopic (exact) mass is 576 g/mol. The van der Waals surface area contributed by atoms with Crippen LogP contribution in [0.1, 0.15) is 39.5 Å². The van der Waals surface area contributed by atoms with Gasteiger partial charge in [-0.15, -0.1) is 24.9 Å². The summed E-state index contributed by atoms with van der Waals surface area (Å²) in [6.07, 6.45) is 6.30. The van der Waals surface area contributed by atoms with Crippen molar-refractivity contribution < 1.29 is 24.2 Å². The standard InChI is InChI=1S/C33H40N2O5S/c1-5-7-10-18-40-32(39)27-26-15-16-33(41-26)28(27)30(37)35(25(20-36)21(3)4)29(33)31(38)34(17-6-2)24-14-13-22-11-8-9-12-23(22)19-24/h5-6,8-9,11-14,19,21,25-29,36H,1-2,7,10,15-18,20H2,3-4H3/t25-,26+,27-,28-,29?,33?/m0/s1. The van der Waals surface area contributed by atoms with Gasteiger partial charge in [-0.25, -0.2) is 0 Å². The molecule has 5 rings (SSSR count). The van der Waals surface area contributed by atoms with Gasteiger partial charge in [-0.05, 0) is 54.5 Å². The first-order valence-corrected chi connectivity index (χ1v) is 15.5. The molecule has 7 nitrogen and oxygen atoms in total. The summed E-state index contributed by atoms with van der Waals surface area (Å²) < 4.78 is 4.90. The van der Waals surface area contributed by atoms with E-state index in [1.807, 2.05) is 56.3 Å². The number of carbonyl (C=O) groups excluding carboxylic acids is 3. The number of aliphatic hydroxyl groups excluding tert-OH is 1. The zero-order valence-electron chi connectivity index (χ0n) is 23.9. The molecule has 8 heteroatoms. The number of likely N-dealkylation sites (tertiary alicyclic amines) is 1. The SMILES string of the molecule is C=CCCCOC(=O)[C@@H]1[C@H]2C(=O)N([C@@H](CO)C(C)C)C(C(=O)N(CC=C)c3ccc4ccccc4c3)C23CC[C@H]1S3. The summed E-state index contributed by atoms with van der Waals surface area (Å²) in [5, 5.41) is 12.5. The van der Waals surface area contributed by atoms with Gasteiger partial charge >= 0.3 is 5.97 Å². The van der Waals surface area contributed by atoms with E-state index < -0.39 is 28.7 Å². The van der Waals surface area contributed by atoms with Crippen LogP contribution in [0.15, 0.2) is 67.8 Å². The number of carbonyl (C=O) groups is 3. The number of rotatable bonds is 12. The lowest BCUT2D eigenvalue weighted by atomic mass is 9.71. The smallest absolute Gasteiger partial charge is 0.310 e. The van der Waals surface area contributed by atoms with Gasteiger partial charge in [0.1, 0.15) is 6.04 Å². The Kier molecular flexibility index (Phi) is 8.62. The lowest BCUT2D eigenvalue weighted by molar-refractivity contribution is -0.154. The molecule has 3 aliphatic rings. The third-order valence-corrected chi connectivity index (χ3v) is 10.9. The van der Waals surface area contributed by atoms with Gasteiger partial charge in [-0.2, -0.15) is 0 Å². The highest BCUT2D eigenvalue weighted by Gasteiger charge is 2.75. The second kappa shape index (κ2) is 12.0. The van der Waals surface area contributed by atoms with Gasteiger partial charge in [0.2, 0.25) is 5.91 Å². The van der Waals surface area contributed by atoms with Crippen LogP contribution in [0, 0.1) is 17.8 Å². The van der Waals surface area contributed by atoms with Gasteiger partial charge < -0.3 is 19.6 Å². The highest BCUT2D eigenvalue weighted by atomic mass is 32.2. The minimum absolute atomic E-state index is 0.0755. The van der Waals surface area contributed by atoms with Crippen molar-refractivity contribution in [3.63, 3.8) is 0 Å². The highest BCUT2D eigenvalue weighted by molar-refractivity contribution is 8.02. The fourth-order valence-electron chi connectivity index (χ4n) is 7.06. The summed E-state index contributed by atoms with van der Waals surface area (Å²) in [4.78, 5) is 45.9. The van der Waals surface area contributed by atoms with Crippen molar-refractivity contribution >= 4 is 46.0 Å². The second-order valence-electron chi connectivity index (χ2n) is 11.7. The molecule has 3 fully saturated rings. The van der Waals surface area contributed by atoms with E-state index in [0.717, 1.165) is 29.3 Å². The Morgan fingerprint density at radius 2 is 1.95 bits per heavy atom. The number of benzene rings is 2. The van der Waals surface area contributed by atoms with E-state index >= 15 is 0 Å². The van der Waals surface area contributed by atoms with E-state index in [1.54, 1.807) is 33.7 Å². The Bertz CT molecular complexity index is 1340. The second-order valence-corrected chi connectivity index (χ2v) is 13.3. The molecule has 1 spiro atoms. The van der Waals surface area contributed by atoms with Crippen LogP contribution in [0.4, 0.5) is 5.69 Å². The maximum Gasteiger partial charge on any atom is 0.310 e. The van der Waals surface area contributed by atoms with E-state index in [0.29, 0.717) is 12.8 Å². The van der Waals surface area contributed by atoms with Gasteiger partial charge in [0.15, 0.2) is 0 Å². The molecule has 2 amide bonds. The Labute approximate surface area is 246 Å². The van der Waals surface area contributed by atoms with Crippen molar-refractivity contribution in [3.8, 4) is 0 Å². The molecular weight excluding hydrogens is 536 g/mol. The van der Waals surface area contributed by atoms with Gasteiger partial charge in [0.25, 0.3) is 5.91 Å². The van der Waals surface area contributed by atoms with Crippen molar-refractivity contribution in [2.45, 2.75) is 61.6 Å². The molecule has 3 saturated heterocycles. The number of hydrogen-bond donors (Lipinski definition) is 1. The largest absolute Gasteiger partial charge is 0.465 e. The van der Waals surface area contributed by atoms with Crippen LogP contribution in [0.25, 0.3) is 10.8 Å². The third kappa shape index (κ3) is 4.99. The van der Waals surface area contributed by atoms with Crippen LogP contribution in [-0.2, 0) is 19.1 Å². The Balaban J connectivity index is 1.55. The van der Waals surface area contributed by atoms with Crippen LogP contribution < -0.4 is 4.90 Å². The molecular formula is C33H40N2O5S. The quantitative estimate of drug-likeness (QED) is 0.218. The number of unbranched alkanes of at least 4 members (excludes halogenated alkanes) is 1. The summed E-state index contributed by atoms with van der Waals surface area (Å²) in [6, 6.07) is 12.5. The Morgan fingerprint density at radius 3 is 2.63 bits per heavy atom. The number of amides is 2. The molecule has 1 N–H and O–H groups in total. The number of nitrogens with zero attached hydrogens (tertiary/aromatic N) is 2. The average Bonchev–Trinajstić information content (AvgIpc) is 3.61. The summed E-state index contributed by atoms with van der Waals surface area (Å²) in [6.45, 7) is 11.8. The Hall–Kier alpha value is -3.10. The molecule has 3 aliphatic heterocycles. The summed E-state index contributed by atoms with van der Waals surface area (Å²) in [7, 11) is 0. The number of fused-ring (bicyclic) bond motifs is 2. The molecule has 2 aromatic carbocycles. The number of thioether (sulfide) groups is 1. The number of aliphatic hydroxyl groups is 1. The van der Waals surface area contributed by atoms with Crippen molar-refractivity contribution in [2.24, 2.45) is 17.8 Å². The maximum atomic E-state index is 14.8. The molecule has 218 valence electrons. The molecule has 6 atom stereocenters. The van der Waals surface area contributed by atoms with Crippen LogP contribution >= 0.6 is 11.8 Å². The van der Waals surface area contributed by atoms with Crippen molar-refractivity contribution in [2.75, 3.05) is 24.7 Å². The first kappa shape index (κ1) is 29.4. The molecule has 2 bridgehead atoms. The van der Waals surface area contributed by atoms with Crippen LogP contribution in [0.2, 0.25) is 0 Å². The minimum atomic E-state index is -0.820. The van der Waals surface area contributed by atoms with Gasteiger partial charge in [-0.3, -0.25) is 14.4 Å². The number of esters is 1. The lowest BCUT2D eigenvalue weighted by Gasteiger charge is -2.40. The van der Waals surface area contributed by atoms with E-state index in [9.17, 15) is 19.5 Å². The number of allylic oxidation sites excluding steroid dienone is 1. The zero-order chi connectivity index (χ0) is 29.3. The normalized spacial score (nSPS) is 27.2. The fourth-order valence-corrected chi connectivity index (χ4v) is 9.24. The zero-order valence-corrected chi connectivity index (χ0v) is 24.7. The minimum Gasteiger partial charge on any atom is -0.465 e. The van der Waals surface area contributed by atoms with Gasteiger partial charge in [0, 0.05) is 17.5 Å². The average molecular weight is 577 g/mol. The van der Waals surface area contributed by atoms with Crippen molar-refractivity contribution in [1.82, 2.24) is 4.90 Å². The number of hydrogen-bond acceptors (Lipinski definition) is 6. The molecule has 3 heterocycles. The molecule has 2 aromatic rings. The van der Waals surface area contributed by atoms with Crippen molar-refractivity contribution in [1.29, 1.82) is 0 Å². The van der Waals surface area contributed by atoms with E-state index in [4.69, 9.17) is 4.74 Å². The molecule has 0 radical (unpaired) electrons. The topological polar surface area (TPSA) is 87.1 Å². The number of ether oxygens (including phenoxy) is 1. The Morgan fingerprint density at radius 1 is 1.20 bits per heavy atom. The highest BCUT2D eigenvalue weighted by Crippen LogP contribution is 2.67. The molecule has 2 unspecified atom stereocenters. The van der Waals surface area contributed by atoms with Crippen LogP contribution in [0.5, 0.6) is 0 Å². The molecule has 0 aliphatic carbocycles. The van der Waals surface area contributed by atoms with Gasteiger partial charge in [0.05, 0.1) is 35.8 Å². The number of anilines is 1. The van der Waals surface area contributed by atoms with Crippen molar-refractivity contribution in [3.05, 3.63) is 67.8 Å². The van der Waals surface area contributed by atoms with E-state index in [1.165, 1.54) is 0 Å². The first-order chi connectivity index (χ1) is 19.8. The fraction of sp³-hybridized carbons (Fsp3) is 0.485. The molecule has 41 heavy (non-hydrogen) atoms. The summed E-state index contributed by atoms with van der Waals surface area (Å²) in [5.74, 6) is -2.15. The van der Waals surface area contributed by atoms with E-state index in [-0.39, 0.29) is 48.7 Å². The lowest BCUT2D eigenvalue weighted by Crippen LogP contribution is -2.58. The molecule has 0 aromatic heterocycles. The predicted octanol–water partition coefficient (Wildman–Crippen LogP) is 4.98. The molecule has 0 saturated carbocycles. The third-order valence-electron chi connectivity index (χ3n) is 8.98. The van der Waals surface area contributed by atoms with Crippen LogP contribution in [-0.4, -0.2) is 69.6 Å². The summed E-state index contributed by atoms with van der Waals surface area (Å²) in [5.41, 5.74) is 0.724. The van der Waals surface area contributed by atoms with Gasteiger partial charge in [-0.1, -0.05) is 56.3 Å². The summed E-state index contributed by atoms with van der Waals surface area (Å²) >= 11 is 1.61. The van der Waals surface area contributed by atoms with Crippen LogP contribution in [0.3, 0.4) is 0 Å². The maximum absolute atomic E-state index is 14.8. The first-order valence-electron chi connectivity index (χ1n) is 14.6. The van der Waals surface area contributed by atoms with E-state index in [2.05, 4.69) is 13.2 Å².